The van der Waals surface area contributed by atoms with Gasteiger partial charge in [0.05, 0.1) is 5.69 Å². The van der Waals surface area contributed by atoms with Gasteiger partial charge in [-0.2, -0.15) is 0 Å². The number of anilines is 1. The molecule has 0 heterocycles. The van der Waals surface area contributed by atoms with Gasteiger partial charge in [-0.15, -0.1) is 0 Å². The van der Waals surface area contributed by atoms with Crippen LogP contribution in [0.3, 0.4) is 0 Å². The second kappa shape index (κ2) is 7.36. The number of nitrogens with zero attached hydrogens (tertiary/aromatic N) is 1. The van der Waals surface area contributed by atoms with Gasteiger partial charge in [-0.3, -0.25) is 4.79 Å². The van der Waals surface area contributed by atoms with E-state index >= 15 is 0 Å². The molecule has 0 spiro atoms. The Hall–Kier alpha value is -1.94. The number of hydrogen-bond donors (Lipinski definition) is 0. The molecular formula is C17H16ClF2NO. The topological polar surface area (TPSA) is 20.3 Å². The third kappa shape index (κ3) is 3.83. The minimum Gasteiger partial charge on any atom is -0.306 e. The molecule has 0 N–H and O–H groups in total. The molecule has 22 heavy (non-hydrogen) atoms. The molecule has 5 heteroatoms. The molecule has 0 unspecified atom stereocenters. The monoisotopic (exact) mass is 323 g/mol. The zero-order valence-corrected chi connectivity index (χ0v) is 12.9. The molecule has 0 fully saturated rings. The summed E-state index contributed by atoms with van der Waals surface area (Å²) in [7, 11) is 0. The molecule has 0 radical (unpaired) electrons. The zero-order chi connectivity index (χ0) is 16.1. The van der Waals surface area contributed by atoms with Crippen molar-refractivity contribution in [1.29, 1.82) is 0 Å². The van der Waals surface area contributed by atoms with Crippen molar-refractivity contribution < 1.29 is 13.6 Å². The zero-order valence-electron chi connectivity index (χ0n) is 12.2. The summed E-state index contributed by atoms with van der Waals surface area (Å²) in [5.74, 6) is -1.76. The van der Waals surface area contributed by atoms with Crippen LogP contribution in [-0.4, -0.2) is 12.5 Å². The number of benzene rings is 2. The van der Waals surface area contributed by atoms with Gasteiger partial charge in [0.15, 0.2) is 0 Å². The minimum absolute atomic E-state index is 0.0785. The molecular weight excluding hydrogens is 308 g/mol. The summed E-state index contributed by atoms with van der Waals surface area (Å²) in [6, 6.07) is 9.60. The summed E-state index contributed by atoms with van der Waals surface area (Å²) < 4.78 is 27.1. The highest BCUT2D eigenvalue weighted by Gasteiger charge is 2.20. The van der Waals surface area contributed by atoms with Gasteiger partial charge in [0.1, 0.15) is 11.6 Å². The molecule has 116 valence electrons. The van der Waals surface area contributed by atoms with Crippen LogP contribution in [0.15, 0.2) is 42.5 Å². The van der Waals surface area contributed by atoms with Gasteiger partial charge in [-0.25, -0.2) is 8.78 Å². The van der Waals surface area contributed by atoms with Crippen molar-refractivity contribution in [2.45, 2.75) is 19.8 Å². The summed E-state index contributed by atoms with van der Waals surface area (Å²) in [6.45, 7) is 2.34. The first-order valence-corrected chi connectivity index (χ1v) is 7.43. The first kappa shape index (κ1) is 16.4. The molecule has 1 amide bonds. The lowest BCUT2D eigenvalue weighted by atomic mass is 10.1. The van der Waals surface area contributed by atoms with Gasteiger partial charge in [0.2, 0.25) is 0 Å². The average Bonchev–Trinajstić information content (AvgIpc) is 2.49. The smallest absolute Gasteiger partial charge is 0.258 e. The number of carbonyl (C=O) groups excluding carboxylic acids is 1. The second-order valence-corrected chi connectivity index (χ2v) is 5.35. The van der Waals surface area contributed by atoms with Crippen LogP contribution in [-0.2, 0) is 0 Å². The van der Waals surface area contributed by atoms with Crippen LogP contribution < -0.4 is 4.90 Å². The summed E-state index contributed by atoms with van der Waals surface area (Å²) in [5, 5.41) is 0.518. The molecule has 0 aliphatic rings. The molecule has 0 saturated heterocycles. The third-order valence-corrected chi connectivity index (χ3v) is 3.52. The molecule has 0 atom stereocenters. The van der Waals surface area contributed by atoms with Gasteiger partial charge in [-0.05, 0) is 42.8 Å². The number of halogens is 3. The molecule has 0 saturated carbocycles. The van der Waals surface area contributed by atoms with E-state index in [1.54, 1.807) is 24.3 Å². The van der Waals surface area contributed by atoms with E-state index in [2.05, 4.69) is 0 Å². The number of carbonyl (C=O) groups is 1. The molecule has 2 nitrogen and oxygen atoms in total. The van der Waals surface area contributed by atoms with Crippen molar-refractivity contribution in [2.75, 3.05) is 11.4 Å². The van der Waals surface area contributed by atoms with E-state index in [0.717, 1.165) is 25.0 Å². The molecule has 2 rings (SSSR count). The lowest BCUT2D eigenvalue weighted by Gasteiger charge is -2.23. The maximum absolute atomic E-state index is 14.0. The summed E-state index contributed by atoms with van der Waals surface area (Å²) in [5.41, 5.74) is 0.485. The fourth-order valence-electron chi connectivity index (χ4n) is 2.10. The highest BCUT2D eigenvalue weighted by atomic mass is 35.5. The van der Waals surface area contributed by atoms with Crippen molar-refractivity contribution in [3.63, 3.8) is 0 Å². The Morgan fingerprint density at radius 1 is 1.14 bits per heavy atom. The van der Waals surface area contributed by atoms with Crippen LogP contribution in [0.5, 0.6) is 0 Å². The molecule has 0 aliphatic heterocycles. The lowest BCUT2D eigenvalue weighted by molar-refractivity contribution is 0.0985. The Morgan fingerprint density at radius 2 is 1.82 bits per heavy atom. The van der Waals surface area contributed by atoms with Gasteiger partial charge in [0.25, 0.3) is 5.91 Å². The molecule has 0 bridgehead atoms. The van der Waals surface area contributed by atoms with Crippen molar-refractivity contribution >= 4 is 23.2 Å². The van der Waals surface area contributed by atoms with Crippen LogP contribution in [0.1, 0.15) is 30.1 Å². The Balaban J connectivity index is 2.36. The van der Waals surface area contributed by atoms with Gasteiger partial charge >= 0.3 is 0 Å². The highest BCUT2D eigenvalue weighted by Crippen LogP contribution is 2.23. The van der Waals surface area contributed by atoms with Crippen molar-refractivity contribution in [1.82, 2.24) is 0 Å². The first-order valence-electron chi connectivity index (χ1n) is 7.05. The van der Waals surface area contributed by atoms with E-state index in [4.69, 9.17) is 11.6 Å². The molecule has 2 aromatic carbocycles. The first-order chi connectivity index (χ1) is 10.5. The van der Waals surface area contributed by atoms with Crippen LogP contribution in [0, 0.1) is 11.6 Å². The van der Waals surface area contributed by atoms with Crippen molar-refractivity contribution in [3.05, 3.63) is 64.7 Å². The Bertz CT molecular complexity index is 658. The van der Waals surface area contributed by atoms with Gasteiger partial charge in [0, 0.05) is 23.2 Å². The number of amides is 1. The maximum atomic E-state index is 14.0. The van der Waals surface area contributed by atoms with Crippen molar-refractivity contribution in [3.8, 4) is 0 Å². The Morgan fingerprint density at radius 3 is 2.41 bits per heavy atom. The van der Waals surface area contributed by atoms with E-state index in [0.29, 0.717) is 17.1 Å². The molecule has 0 aromatic heterocycles. The predicted octanol–water partition coefficient (Wildman–Crippen LogP) is 5.07. The minimum atomic E-state index is -0.751. The van der Waals surface area contributed by atoms with E-state index in [-0.39, 0.29) is 11.6 Å². The fraction of sp³-hybridized carbons (Fsp3) is 0.235. The molecule has 2 aromatic rings. The van der Waals surface area contributed by atoms with Gasteiger partial charge < -0.3 is 4.90 Å². The number of unbranched alkanes of at least 4 members (excludes halogenated alkanes) is 1. The predicted molar refractivity (Wildman–Crippen MR) is 84.4 cm³/mol. The maximum Gasteiger partial charge on any atom is 0.258 e. The lowest BCUT2D eigenvalue weighted by Crippen LogP contribution is -2.32. The summed E-state index contributed by atoms with van der Waals surface area (Å²) in [6.07, 6.45) is 1.57. The highest BCUT2D eigenvalue weighted by molar-refractivity contribution is 6.30. The van der Waals surface area contributed by atoms with Gasteiger partial charge in [-0.1, -0.05) is 24.9 Å². The van der Waals surface area contributed by atoms with E-state index in [1.165, 1.54) is 11.0 Å². The Labute approximate surface area is 133 Å². The SMILES string of the molecule is CCCCN(C(=O)c1ccc(Cl)cc1)c1ccc(F)cc1F. The van der Waals surface area contributed by atoms with Crippen molar-refractivity contribution in [2.24, 2.45) is 0 Å². The summed E-state index contributed by atoms with van der Waals surface area (Å²) in [4.78, 5) is 14.0. The average molecular weight is 324 g/mol. The largest absolute Gasteiger partial charge is 0.306 e. The Kier molecular flexibility index (Phi) is 5.50. The van der Waals surface area contributed by atoms with E-state index in [9.17, 15) is 13.6 Å². The van der Waals surface area contributed by atoms with Crippen LogP contribution >= 0.6 is 11.6 Å². The van der Waals surface area contributed by atoms with Crippen LogP contribution in [0.4, 0.5) is 14.5 Å². The fourth-order valence-corrected chi connectivity index (χ4v) is 2.22. The quantitative estimate of drug-likeness (QED) is 0.752. The number of rotatable bonds is 5. The van der Waals surface area contributed by atoms with E-state index < -0.39 is 11.6 Å². The van der Waals surface area contributed by atoms with Crippen LogP contribution in [0.2, 0.25) is 5.02 Å². The second-order valence-electron chi connectivity index (χ2n) is 4.91. The standard InChI is InChI=1S/C17H16ClF2NO/c1-2-3-10-21(16-9-8-14(19)11-15(16)20)17(22)12-4-6-13(18)7-5-12/h4-9,11H,2-3,10H2,1H3. The third-order valence-electron chi connectivity index (χ3n) is 3.27. The van der Waals surface area contributed by atoms with Crippen LogP contribution in [0.25, 0.3) is 0 Å². The van der Waals surface area contributed by atoms with E-state index in [1.807, 2.05) is 6.92 Å². The number of hydrogen-bond acceptors (Lipinski definition) is 1. The summed E-state index contributed by atoms with van der Waals surface area (Å²) >= 11 is 5.81. The molecule has 0 aliphatic carbocycles. The normalized spacial score (nSPS) is 10.5.